The zero-order valence-corrected chi connectivity index (χ0v) is 26.4. The number of hydrogen-bond acceptors (Lipinski definition) is 5. The summed E-state index contributed by atoms with van der Waals surface area (Å²) in [5.74, 6) is 1.88. The molecule has 0 saturated heterocycles. The van der Waals surface area contributed by atoms with Crippen LogP contribution in [0.5, 0.6) is 0 Å². The summed E-state index contributed by atoms with van der Waals surface area (Å²) < 4.78 is 8.65. The fourth-order valence-electron chi connectivity index (χ4n) is 6.92. The second-order valence-corrected chi connectivity index (χ2v) is 13.0. The molecule has 0 aliphatic heterocycles. The number of aromatic nitrogens is 3. The Morgan fingerprint density at radius 3 is 1.96 bits per heavy atom. The Bertz CT molecular complexity index is 2850. The molecule has 7 aromatic carbocycles. The maximum Gasteiger partial charge on any atom is 0.165 e. The highest BCUT2D eigenvalue weighted by molar-refractivity contribution is 7.26. The summed E-state index contributed by atoms with van der Waals surface area (Å²) in [6, 6.07) is 52.7. The normalized spacial score (nSPS) is 11.8. The minimum absolute atomic E-state index is 0.612. The first-order chi connectivity index (χ1) is 23.8. The van der Waals surface area contributed by atoms with Crippen LogP contribution in [0.2, 0.25) is 0 Å². The standard InChI is InChI=1S/C43H25N3OS/c1-2-13-27(14-3-1)41-44-42(33-20-11-22-37-39(33)32-18-6-8-21-36(32)47-37)46-43(45-41)35-25-28(30-19-10-15-26-12-4-5-16-29(26)30)24-34-31-17-7-9-23-38(31)48-40(34)35/h1-25H. The molecule has 224 valence electrons. The van der Waals surface area contributed by atoms with Gasteiger partial charge in [-0.05, 0) is 52.2 Å². The molecule has 0 unspecified atom stereocenters. The molecule has 0 saturated carbocycles. The lowest BCUT2D eigenvalue weighted by atomic mass is 9.95. The highest BCUT2D eigenvalue weighted by Gasteiger charge is 2.21. The zero-order valence-electron chi connectivity index (χ0n) is 25.6. The van der Waals surface area contributed by atoms with E-state index in [1.807, 2.05) is 48.5 Å². The number of benzene rings is 7. The van der Waals surface area contributed by atoms with Crippen molar-refractivity contribution < 1.29 is 4.42 Å². The van der Waals surface area contributed by atoms with E-state index in [9.17, 15) is 0 Å². The minimum Gasteiger partial charge on any atom is -0.456 e. The van der Waals surface area contributed by atoms with Crippen LogP contribution >= 0.6 is 11.3 Å². The molecule has 10 rings (SSSR count). The smallest absolute Gasteiger partial charge is 0.165 e. The van der Waals surface area contributed by atoms with Crippen molar-refractivity contribution in [3.8, 4) is 45.3 Å². The molecule has 0 atom stereocenters. The van der Waals surface area contributed by atoms with E-state index < -0.39 is 0 Å². The largest absolute Gasteiger partial charge is 0.456 e. The van der Waals surface area contributed by atoms with Crippen molar-refractivity contribution in [2.45, 2.75) is 0 Å². The van der Waals surface area contributed by atoms with E-state index in [4.69, 9.17) is 19.4 Å². The van der Waals surface area contributed by atoms with Gasteiger partial charge in [-0.2, -0.15) is 0 Å². The number of furan rings is 1. The Hall–Kier alpha value is -6.17. The van der Waals surface area contributed by atoms with Crippen LogP contribution in [0.25, 0.3) is 98.2 Å². The minimum atomic E-state index is 0.612. The summed E-state index contributed by atoms with van der Waals surface area (Å²) in [4.78, 5) is 15.6. The van der Waals surface area contributed by atoms with E-state index in [0.29, 0.717) is 17.5 Å². The monoisotopic (exact) mass is 631 g/mol. The van der Waals surface area contributed by atoms with E-state index in [2.05, 4.69) is 103 Å². The van der Waals surface area contributed by atoms with Crippen LogP contribution in [0.1, 0.15) is 0 Å². The van der Waals surface area contributed by atoms with Gasteiger partial charge in [0.05, 0.1) is 0 Å². The number of nitrogens with zero attached hydrogens (tertiary/aromatic N) is 3. The molecule has 0 fully saturated rings. The lowest BCUT2D eigenvalue weighted by Crippen LogP contribution is -2.00. The van der Waals surface area contributed by atoms with Gasteiger partial charge in [0.25, 0.3) is 0 Å². The summed E-state index contributed by atoms with van der Waals surface area (Å²) >= 11 is 1.78. The first kappa shape index (κ1) is 27.0. The number of thiophene rings is 1. The van der Waals surface area contributed by atoms with Crippen LogP contribution in [0, 0.1) is 0 Å². The molecule has 0 aliphatic rings. The summed E-state index contributed by atoms with van der Waals surface area (Å²) in [5.41, 5.74) is 6.79. The third-order valence-electron chi connectivity index (χ3n) is 9.13. The van der Waals surface area contributed by atoms with Gasteiger partial charge in [-0.15, -0.1) is 11.3 Å². The molecular formula is C43H25N3OS. The predicted molar refractivity (Wildman–Crippen MR) is 199 cm³/mol. The van der Waals surface area contributed by atoms with Gasteiger partial charge >= 0.3 is 0 Å². The Kier molecular flexibility index (Phi) is 6.01. The van der Waals surface area contributed by atoms with Crippen molar-refractivity contribution in [1.29, 1.82) is 0 Å². The molecule has 3 aromatic heterocycles. The summed E-state index contributed by atoms with van der Waals surface area (Å²) in [6.07, 6.45) is 0. The number of rotatable bonds is 4. The van der Waals surface area contributed by atoms with Crippen LogP contribution in [0.4, 0.5) is 0 Å². The summed E-state index contributed by atoms with van der Waals surface area (Å²) in [7, 11) is 0. The molecule has 0 bridgehead atoms. The van der Waals surface area contributed by atoms with Gasteiger partial charge in [0, 0.05) is 47.6 Å². The molecule has 0 N–H and O–H groups in total. The average molecular weight is 632 g/mol. The van der Waals surface area contributed by atoms with Gasteiger partial charge in [0.1, 0.15) is 11.2 Å². The Morgan fingerprint density at radius 1 is 0.417 bits per heavy atom. The molecule has 0 amide bonds. The fraction of sp³-hybridized carbons (Fsp3) is 0. The van der Waals surface area contributed by atoms with E-state index >= 15 is 0 Å². The Balaban J connectivity index is 1.30. The average Bonchev–Trinajstić information content (AvgIpc) is 3.73. The second-order valence-electron chi connectivity index (χ2n) is 12.0. The number of para-hydroxylation sites is 1. The van der Waals surface area contributed by atoms with Crippen molar-refractivity contribution in [3.05, 3.63) is 152 Å². The van der Waals surface area contributed by atoms with Gasteiger partial charge in [0.15, 0.2) is 17.5 Å². The lowest BCUT2D eigenvalue weighted by molar-refractivity contribution is 0.669. The van der Waals surface area contributed by atoms with Gasteiger partial charge in [-0.25, -0.2) is 15.0 Å². The SMILES string of the molecule is c1ccc(-c2nc(-c3cc(-c4cccc5ccccc45)cc4c3sc3ccccc34)nc(-c3cccc4oc5ccccc5c34)n2)cc1. The topological polar surface area (TPSA) is 51.8 Å². The third-order valence-corrected chi connectivity index (χ3v) is 10.4. The summed E-state index contributed by atoms with van der Waals surface area (Å²) in [6.45, 7) is 0. The molecule has 3 heterocycles. The maximum absolute atomic E-state index is 6.27. The van der Waals surface area contributed by atoms with Crippen molar-refractivity contribution in [2.24, 2.45) is 0 Å². The van der Waals surface area contributed by atoms with Gasteiger partial charge in [-0.3, -0.25) is 0 Å². The molecule has 0 radical (unpaired) electrons. The van der Waals surface area contributed by atoms with Crippen molar-refractivity contribution in [2.75, 3.05) is 0 Å². The van der Waals surface area contributed by atoms with Crippen molar-refractivity contribution >= 4 is 64.2 Å². The highest BCUT2D eigenvalue weighted by atomic mass is 32.1. The maximum atomic E-state index is 6.27. The van der Waals surface area contributed by atoms with Gasteiger partial charge in [-0.1, -0.05) is 121 Å². The number of fused-ring (bicyclic) bond motifs is 7. The lowest BCUT2D eigenvalue weighted by Gasteiger charge is -2.12. The van der Waals surface area contributed by atoms with E-state index in [1.165, 1.54) is 31.8 Å². The van der Waals surface area contributed by atoms with Crippen molar-refractivity contribution in [1.82, 2.24) is 15.0 Å². The van der Waals surface area contributed by atoms with E-state index in [1.54, 1.807) is 11.3 Å². The first-order valence-corrected chi connectivity index (χ1v) is 16.8. The quantitative estimate of drug-likeness (QED) is 0.194. The third kappa shape index (κ3) is 4.25. The van der Waals surface area contributed by atoms with E-state index in [0.717, 1.165) is 48.9 Å². The highest BCUT2D eigenvalue weighted by Crippen LogP contribution is 2.44. The van der Waals surface area contributed by atoms with Gasteiger partial charge < -0.3 is 4.42 Å². The van der Waals surface area contributed by atoms with Gasteiger partial charge in [0.2, 0.25) is 0 Å². The van der Waals surface area contributed by atoms with Crippen LogP contribution in [0.3, 0.4) is 0 Å². The molecule has 10 aromatic rings. The Labute approximate surface area is 279 Å². The number of hydrogen-bond donors (Lipinski definition) is 0. The second kappa shape index (κ2) is 10.7. The molecule has 5 heteroatoms. The van der Waals surface area contributed by atoms with E-state index in [-0.39, 0.29) is 0 Å². The molecule has 48 heavy (non-hydrogen) atoms. The van der Waals surface area contributed by atoms with Crippen molar-refractivity contribution in [3.63, 3.8) is 0 Å². The fourth-order valence-corrected chi connectivity index (χ4v) is 8.11. The molecule has 4 nitrogen and oxygen atoms in total. The zero-order chi connectivity index (χ0) is 31.6. The summed E-state index contributed by atoms with van der Waals surface area (Å²) in [5, 5.41) is 6.89. The Morgan fingerprint density at radius 2 is 1.06 bits per heavy atom. The molecule has 0 spiro atoms. The molecular weight excluding hydrogens is 607 g/mol. The first-order valence-electron chi connectivity index (χ1n) is 15.9. The van der Waals surface area contributed by atoms with Crippen LogP contribution in [-0.4, -0.2) is 15.0 Å². The van der Waals surface area contributed by atoms with Crippen LogP contribution in [-0.2, 0) is 0 Å². The van der Waals surface area contributed by atoms with Crippen LogP contribution < -0.4 is 0 Å². The molecule has 0 aliphatic carbocycles. The predicted octanol–water partition coefficient (Wildman–Crippen LogP) is 12.0. The van der Waals surface area contributed by atoms with Crippen LogP contribution in [0.15, 0.2) is 156 Å².